The van der Waals surface area contributed by atoms with Gasteiger partial charge in [0.15, 0.2) is 0 Å². The number of nitrogens with zero attached hydrogens (tertiary/aromatic N) is 2. The van der Waals surface area contributed by atoms with Crippen molar-refractivity contribution in [1.29, 1.82) is 0 Å². The highest BCUT2D eigenvalue weighted by atomic mass is 16.5. The van der Waals surface area contributed by atoms with E-state index in [1.165, 1.54) is 0 Å². The smallest absolute Gasteiger partial charge is 0.250 e. The van der Waals surface area contributed by atoms with Gasteiger partial charge in [-0.2, -0.15) is 0 Å². The van der Waals surface area contributed by atoms with Crippen molar-refractivity contribution < 1.29 is 19.1 Å². The summed E-state index contributed by atoms with van der Waals surface area (Å²) in [6.07, 6.45) is 1.89. The highest BCUT2D eigenvalue weighted by Crippen LogP contribution is 2.31. The number of carbonyl (C=O) groups excluding carboxylic acids is 2. The van der Waals surface area contributed by atoms with Gasteiger partial charge in [-0.25, -0.2) is 0 Å². The summed E-state index contributed by atoms with van der Waals surface area (Å²) >= 11 is 0. The largest absolute Gasteiger partial charge is 0.497 e. The first-order chi connectivity index (χ1) is 15.5. The molecule has 7 heteroatoms. The van der Waals surface area contributed by atoms with E-state index in [0.717, 1.165) is 29.3 Å². The quantitative estimate of drug-likeness (QED) is 0.644. The van der Waals surface area contributed by atoms with Crippen LogP contribution in [0.5, 0.6) is 11.5 Å². The van der Waals surface area contributed by atoms with Crippen LogP contribution in [0.3, 0.4) is 0 Å². The number of carbonyl (C=O) groups is 2. The van der Waals surface area contributed by atoms with Gasteiger partial charge in [0.05, 0.1) is 37.4 Å². The lowest BCUT2D eigenvalue weighted by atomic mass is 9.90. The fourth-order valence-electron chi connectivity index (χ4n) is 4.36. The molecule has 0 unspecified atom stereocenters. The van der Waals surface area contributed by atoms with Gasteiger partial charge in [-0.1, -0.05) is 18.2 Å². The Morgan fingerprint density at radius 2 is 1.94 bits per heavy atom. The maximum atomic E-state index is 13.2. The fourth-order valence-corrected chi connectivity index (χ4v) is 4.36. The number of aromatic nitrogens is 1. The number of likely N-dealkylation sites (tertiary alicyclic amines) is 1. The van der Waals surface area contributed by atoms with Gasteiger partial charge < -0.3 is 20.1 Å². The van der Waals surface area contributed by atoms with Gasteiger partial charge in [0.25, 0.3) is 5.91 Å². The third kappa shape index (κ3) is 4.37. The van der Waals surface area contributed by atoms with Gasteiger partial charge >= 0.3 is 0 Å². The maximum absolute atomic E-state index is 13.2. The third-order valence-electron chi connectivity index (χ3n) is 6.01. The lowest BCUT2D eigenvalue weighted by Gasteiger charge is -2.33. The number of amides is 2. The van der Waals surface area contributed by atoms with Gasteiger partial charge in [0.1, 0.15) is 11.5 Å². The summed E-state index contributed by atoms with van der Waals surface area (Å²) < 4.78 is 10.7. The van der Waals surface area contributed by atoms with Crippen LogP contribution in [0.2, 0.25) is 0 Å². The zero-order chi connectivity index (χ0) is 22.7. The molecule has 1 aliphatic heterocycles. The molecule has 3 aromatic rings. The summed E-state index contributed by atoms with van der Waals surface area (Å²) in [5.41, 5.74) is 8.38. The Bertz CT molecular complexity index is 1160. The molecule has 2 aromatic carbocycles. The van der Waals surface area contributed by atoms with Crippen LogP contribution in [0.1, 0.15) is 40.4 Å². The molecule has 0 spiro atoms. The molecule has 32 heavy (non-hydrogen) atoms. The average molecular weight is 434 g/mol. The van der Waals surface area contributed by atoms with Crippen molar-refractivity contribution in [1.82, 2.24) is 9.88 Å². The van der Waals surface area contributed by atoms with E-state index in [-0.39, 0.29) is 18.2 Å². The number of primary amides is 1. The van der Waals surface area contributed by atoms with Gasteiger partial charge in [-0.05, 0) is 43.2 Å². The van der Waals surface area contributed by atoms with Crippen molar-refractivity contribution in [3.05, 3.63) is 65.4 Å². The van der Waals surface area contributed by atoms with Crippen LogP contribution in [0.25, 0.3) is 10.9 Å². The lowest BCUT2D eigenvalue weighted by molar-refractivity contribution is -0.131. The number of piperidine rings is 1. The normalized spacial score (nSPS) is 16.1. The Hall–Kier alpha value is -3.61. The molecule has 2 amide bonds. The van der Waals surface area contributed by atoms with Crippen LogP contribution in [-0.2, 0) is 11.2 Å². The summed E-state index contributed by atoms with van der Waals surface area (Å²) in [6, 6.07) is 14.9. The summed E-state index contributed by atoms with van der Waals surface area (Å²) in [5, 5.41) is 0.874. The van der Waals surface area contributed by atoms with Crippen LogP contribution >= 0.6 is 0 Å². The minimum absolute atomic E-state index is 0.00247. The Morgan fingerprint density at radius 1 is 1.12 bits per heavy atom. The fraction of sp³-hybridized carbons (Fsp3) is 0.320. The molecule has 1 fully saturated rings. The van der Waals surface area contributed by atoms with Gasteiger partial charge in [0, 0.05) is 30.0 Å². The number of para-hydroxylation sites is 1. The predicted octanol–water partition coefficient (Wildman–Crippen LogP) is 3.30. The predicted molar refractivity (Wildman–Crippen MR) is 122 cm³/mol. The number of pyridine rings is 1. The number of fused-ring (bicyclic) bond motifs is 1. The SMILES string of the molecule is COc1ccc(OC)c(CC(=O)N2CCC[C@@H](c3nc4ccccc4cc3C(N)=O)C2)c1. The van der Waals surface area contributed by atoms with Crippen molar-refractivity contribution in [2.45, 2.75) is 25.2 Å². The highest BCUT2D eigenvalue weighted by molar-refractivity contribution is 5.97. The number of ether oxygens (including phenoxy) is 2. The van der Waals surface area contributed by atoms with E-state index < -0.39 is 5.91 Å². The standard InChI is InChI=1S/C25H27N3O4/c1-31-19-9-10-22(32-2)18(12-19)14-23(29)28-11-5-7-17(15-28)24-20(25(26)30)13-16-6-3-4-8-21(16)27-24/h3-4,6,8-10,12-13,17H,5,7,11,14-15H2,1-2H3,(H2,26,30)/t17-/m1/s1. The van der Waals surface area contributed by atoms with Crippen LogP contribution < -0.4 is 15.2 Å². The minimum Gasteiger partial charge on any atom is -0.497 e. The molecule has 1 aliphatic rings. The van der Waals surface area contributed by atoms with Crippen LogP contribution in [0.4, 0.5) is 0 Å². The molecule has 0 aliphatic carbocycles. The average Bonchev–Trinajstić information content (AvgIpc) is 2.83. The first-order valence-electron chi connectivity index (χ1n) is 10.7. The number of hydrogen-bond donors (Lipinski definition) is 1. The van der Waals surface area contributed by atoms with E-state index >= 15 is 0 Å². The molecule has 1 aromatic heterocycles. The van der Waals surface area contributed by atoms with Crippen molar-refractivity contribution in [3.63, 3.8) is 0 Å². The van der Waals surface area contributed by atoms with Crippen molar-refractivity contribution in [3.8, 4) is 11.5 Å². The van der Waals surface area contributed by atoms with Crippen LogP contribution in [-0.4, -0.2) is 49.0 Å². The molecule has 166 valence electrons. The first-order valence-corrected chi connectivity index (χ1v) is 10.7. The molecular formula is C25H27N3O4. The molecule has 2 N–H and O–H groups in total. The Kier molecular flexibility index (Phi) is 6.25. The van der Waals surface area contributed by atoms with Crippen molar-refractivity contribution in [2.75, 3.05) is 27.3 Å². The van der Waals surface area contributed by atoms with Gasteiger partial charge in [-0.15, -0.1) is 0 Å². The van der Waals surface area contributed by atoms with Crippen molar-refractivity contribution >= 4 is 22.7 Å². The zero-order valence-corrected chi connectivity index (χ0v) is 18.3. The molecular weight excluding hydrogens is 406 g/mol. The van der Waals surface area contributed by atoms with E-state index in [1.807, 2.05) is 41.3 Å². The maximum Gasteiger partial charge on any atom is 0.250 e. The Labute approximate surface area is 187 Å². The minimum atomic E-state index is -0.497. The van der Waals surface area contributed by atoms with Crippen LogP contribution in [0.15, 0.2) is 48.5 Å². The van der Waals surface area contributed by atoms with E-state index in [2.05, 4.69) is 0 Å². The number of benzene rings is 2. The molecule has 0 bridgehead atoms. The zero-order valence-electron chi connectivity index (χ0n) is 18.3. The summed E-state index contributed by atoms with van der Waals surface area (Å²) in [5.74, 6) is 0.786. The highest BCUT2D eigenvalue weighted by Gasteiger charge is 2.29. The monoisotopic (exact) mass is 433 g/mol. The van der Waals surface area contributed by atoms with E-state index in [4.69, 9.17) is 20.2 Å². The number of methoxy groups -OCH3 is 2. The van der Waals surface area contributed by atoms with E-state index in [1.54, 1.807) is 26.4 Å². The van der Waals surface area contributed by atoms with E-state index in [0.29, 0.717) is 35.8 Å². The lowest BCUT2D eigenvalue weighted by Crippen LogP contribution is -2.40. The third-order valence-corrected chi connectivity index (χ3v) is 6.01. The second kappa shape index (κ2) is 9.26. The summed E-state index contributed by atoms with van der Waals surface area (Å²) in [7, 11) is 3.18. The molecule has 0 radical (unpaired) electrons. The van der Waals surface area contributed by atoms with Crippen LogP contribution in [0, 0.1) is 0 Å². The second-order valence-electron chi connectivity index (χ2n) is 8.01. The summed E-state index contributed by atoms with van der Waals surface area (Å²) in [4.78, 5) is 31.9. The van der Waals surface area contributed by atoms with Gasteiger partial charge in [0.2, 0.25) is 5.91 Å². The van der Waals surface area contributed by atoms with Crippen molar-refractivity contribution in [2.24, 2.45) is 5.73 Å². The topological polar surface area (TPSA) is 94.8 Å². The molecule has 4 rings (SSSR count). The Balaban J connectivity index is 1.58. The summed E-state index contributed by atoms with van der Waals surface area (Å²) in [6.45, 7) is 1.16. The number of nitrogens with two attached hydrogens (primary N) is 1. The number of hydrogen-bond acceptors (Lipinski definition) is 5. The molecule has 1 atom stereocenters. The Morgan fingerprint density at radius 3 is 2.69 bits per heavy atom. The first kappa shape index (κ1) is 21.6. The van der Waals surface area contributed by atoms with E-state index in [9.17, 15) is 9.59 Å². The number of rotatable bonds is 6. The molecule has 7 nitrogen and oxygen atoms in total. The molecule has 1 saturated heterocycles. The second-order valence-corrected chi connectivity index (χ2v) is 8.01. The molecule has 0 saturated carbocycles. The van der Waals surface area contributed by atoms with Gasteiger partial charge in [-0.3, -0.25) is 14.6 Å². The molecule has 2 heterocycles.